The van der Waals surface area contributed by atoms with Gasteiger partial charge in [0, 0.05) is 5.54 Å². The average Bonchev–Trinajstić information content (AvgIpc) is 2.47. The molecule has 0 unspecified atom stereocenters. The lowest BCUT2D eigenvalue weighted by atomic mass is 9.53. The molecule has 0 aromatic heterocycles. The number of sulfonamides is 1. The normalized spacial score (nSPS) is 34.5. The molecule has 0 atom stereocenters. The maximum Gasteiger partial charge on any atom is 0.242 e. The van der Waals surface area contributed by atoms with Gasteiger partial charge in [0.05, 0.1) is 12.1 Å². The van der Waals surface area contributed by atoms with Gasteiger partial charge >= 0.3 is 0 Å². The molecule has 0 heterocycles. The molecule has 5 rings (SSSR count). The zero-order chi connectivity index (χ0) is 17.1. The Balaban J connectivity index is 1.66. The Morgan fingerprint density at radius 2 is 1.58 bits per heavy atom. The topological polar surface area (TPSA) is 55.4 Å². The van der Waals surface area contributed by atoms with Crippen molar-refractivity contribution in [3.8, 4) is 5.75 Å². The average molecular weight is 390 g/mol. The van der Waals surface area contributed by atoms with Gasteiger partial charge in [-0.2, -0.15) is 0 Å². The third-order valence-corrected chi connectivity index (χ3v) is 8.51. The lowest BCUT2D eigenvalue weighted by Gasteiger charge is -2.56. The third kappa shape index (κ3) is 2.74. The second kappa shape index (κ2) is 5.76. The van der Waals surface area contributed by atoms with Crippen molar-refractivity contribution < 1.29 is 13.2 Å². The van der Waals surface area contributed by atoms with Crippen LogP contribution in [0.1, 0.15) is 38.5 Å². The smallest absolute Gasteiger partial charge is 0.242 e. The summed E-state index contributed by atoms with van der Waals surface area (Å²) in [6.45, 7) is 0. The first-order chi connectivity index (χ1) is 11.3. The number of halogens is 2. The Kier molecular flexibility index (Phi) is 4.07. The van der Waals surface area contributed by atoms with Crippen LogP contribution in [0.25, 0.3) is 0 Å². The van der Waals surface area contributed by atoms with Crippen LogP contribution in [0.5, 0.6) is 5.75 Å². The Hall–Kier alpha value is -0.490. The predicted molar refractivity (Wildman–Crippen MR) is 94.2 cm³/mol. The molecule has 0 amide bonds. The van der Waals surface area contributed by atoms with Gasteiger partial charge in [0.15, 0.2) is 0 Å². The van der Waals surface area contributed by atoms with Gasteiger partial charge in [0.25, 0.3) is 0 Å². The van der Waals surface area contributed by atoms with Crippen LogP contribution in [-0.2, 0) is 10.0 Å². The summed E-state index contributed by atoms with van der Waals surface area (Å²) in [5, 5.41) is 0.154. The summed E-state index contributed by atoms with van der Waals surface area (Å²) in [6, 6.07) is 3.01. The lowest BCUT2D eigenvalue weighted by molar-refractivity contribution is -0.00810. The van der Waals surface area contributed by atoms with E-state index in [-0.39, 0.29) is 20.5 Å². The van der Waals surface area contributed by atoms with Crippen LogP contribution < -0.4 is 9.46 Å². The minimum Gasteiger partial charge on any atom is -0.495 e. The van der Waals surface area contributed by atoms with Crippen molar-refractivity contribution in [3.63, 3.8) is 0 Å². The van der Waals surface area contributed by atoms with Crippen LogP contribution in [0.15, 0.2) is 17.0 Å². The molecule has 4 aliphatic rings. The number of hydrogen-bond donors (Lipinski definition) is 1. The van der Waals surface area contributed by atoms with E-state index in [0.717, 1.165) is 19.3 Å². The van der Waals surface area contributed by atoms with Crippen molar-refractivity contribution in [2.75, 3.05) is 7.11 Å². The number of methoxy groups -OCH3 is 1. The van der Waals surface area contributed by atoms with Gasteiger partial charge in [-0.25, -0.2) is 13.1 Å². The van der Waals surface area contributed by atoms with Gasteiger partial charge in [0.2, 0.25) is 10.0 Å². The van der Waals surface area contributed by atoms with Crippen LogP contribution in [0.2, 0.25) is 10.0 Å². The van der Waals surface area contributed by atoms with Crippen LogP contribution in [0.4, 0.5) is 0 Å². The van der Waals surface area contributed by atoms with Gasteiger partial charge in [-0.1, -0.05) is 23.2 Å². The van der Waals surface area contributed by atoms with Crippen LogP contribution in [-0.4, -0.2) is 21.1 Å². The molecule has 4 nitrogen and oxygen atoms in total. The molecular weight excluding hydrogens is 369 g/mol. The summed E-state index contributed by atoms with van der Waals surface area (Å²) < 4.78 is 34.1. The van der Waals surface area contributed by atoms with E-state index in [9.17, 15) is 8.42 Å². The minimum absolute atomic E-state index is 0.0215. The quantitative estimate of drug-likeness (QED) is 0.836. The Morgan fingerprint density at radius 1 is 1.04 bits per heavy atom. The van der Waals surface area contributed by atoms with Gasteiger partial charge in [-0.3, -0.25) is 0 Å². The highest BCUT2D eigenvalue weighted by Crippen LogP contribution is 2.56. The first-order valence-electron chi connectivity index (χ1n) is 8.38. The fourth-order valence-electron chi connectivity index (χ4n) is 5.45. The highest BCUT2D eigenvalue weighted by Gasteiger charge is 2.52. The number of nitrogens with one attached hydrogen (secondary N) is 1. The number of rotatable bonds is 4. The summed E-state index contributed by atoms with van der Waals surface area (Å²) >= 11 is 12.3. The number of benzene rings is 1. The number of hydrogen-bond acceptors (Lipinski definition) is 3. The summed E-state index contributed by atoms with van der Waals surface area (Å²) in [5.74, 6) is 2.35. The molecular formula is C17H21Cl2NO3S. The van der Waals surface area contributed by atoms with Crippen LogP contribution >= 0.6 is 23.2 Å². The lowest BCUT2D eigenvalue weighted by Crippen LogP contribution is -2.59. The van der Waals surface area contributed by atoms with E-state index < -0.39 is 10.0 Å². The molecule has 0 radical (unpaired) electrons. The largest absolute Gasteiger partial charge is 0.495 e. The molecule has 4 saturated carbocycles. The van der Waals surface area contributed by atoms with E-state index in [1.54, 1.807) is 6.07 Å². The molecule has 0 spiro atoms. The van der Waals surface area contributed by atoms with E-state index in [1.807, 2.05) is 0 Å². The molecule has 24 heavy (non-hydrogen) atoms. The Labute approximate surface area is 152 Å². The summed E-state index contributed by atoms with van der Waals surface area (Å²) in [7, 11) is -2.25. The molecule has 0 saturated heterocycles. The van der Waals surface area contributed by atoms with Crippen molar-refractivity contribution in [1.82, 2.24) is 4.72 Å². The van der Waals surface area contributed by atoms with Gasteiger partial charge in [-0.05, 0) is 68.4 Å². The van der Waals surface area contributed by atoms with Crippen molar-refractivity contribution in [2.45, 2.75) is 49.0 Å². The fraction of sp³-hybridized carbons (Fsp3) is 0.647. The molecule has 7 heteroatoms. The summed E-state index contributed by atoms with van der Waals surface area (Å²) in [6.07, 6.45) is 6.61. The minimum atomic E-state index is -3.72. The molecule has 4 bridgehead atoms. The maximum atomic E-state index is 13.0. The first-order valence-corrected chi connectivity index (χ1v) is 10.6. The molecule has 1 aromatic carbocycles. The predicted octanol–water partition coefficient (Wildman–Crippen LogP) is 4.25. The van der Waals surface area contributed by atoms with Crippen molar-refractivity contribution in [1.29, 1.82) is 0 Å². The Morgan fingerprint density at radius 3 is 2.08 bits per heavy atom. The van der Waals surface area contributed by atoms with Crippen molar-refractivity contribution >= 4 is 33.2 Å². The monoisotopic (exact) mass is 389 g/mol. The standard InChI is InChI=1S/C17H21Cl2NO3S/c1-23-13-2-3-14(16(19)15(13)18)24(21,22)20-17-7-10-4-11(8-17)6-12(5-10)9-17/h2-3,10-12,20H,4-9H2,1H3. The second-order valence-corrected chi connectivity index (χ2v) is 10.1. The zero-order valence-electron chi connectivity index (χ0n) is 13.5. The molecule has 4 fully saturated rings. The van der Waals surface area contributed by atoms with Gasteiger partial charge in [-0.15, -0.1) is 0 Å². The van der Waals surface area contributed by atoms with E-state index >= 15 is 0 Å². The van der Waals surface area contributed by atoms with E-state index in [0.29, 0.717) is 23.5 Å². The van der Waals surface area contributed by atoms with Crippen molar-refractivity contribution in [2.24, 2.45) is 17.8 Å². The van der Waals surface area contributed by atoms with Crippen molar-refractivity contribution in [3.05, 3.63) is 22.2 Å². The second-order valence-electron chi connectivity index (χ2n) is 7.70. The van der Waals surface area contributed by atoms with E-state index in [4.69, 9.17) is 27.9 Å². The molecule has 0 aliphatic heterocycles. The molecule has 1 N–H and O–H groups in total. The molecule has 4 aliphatic carbocycles. The molecule has 1 aromatic rings. The summed E-state index contributed by atoms with van der Waals surface area (Å²) in [5.41, 5.74) is -0.302. The maximum absolute atomic E-state index is 13.0. The van der Waals surface area contributed by atoms with Gasteiger partial charge < -0.3 is 4.74 Å². The van der Waals surface area contributed by atoms with Gasteiger partial charge in [0.1, 0.15) is 15.7 Å². The van der Waals surface area contributed by atoms with E-state index in [2.05, 4.69) is 4.72 Å². The fourth-order valence-corrected chi connectivity index (χ4v) is 7.73. The molecule has 132 valence electrons. The highest BCUT2D eigenvalue weighted by molar-refractivity contribution is 7.89. The SMILES string of the molecule is COc1ccc(S(=O)(=O)NC23CC4CC(CC(C4)C2)C3)c(Cl)c1Cl. The van der Waals surface area contributed by atoms with E-state index in [1.165, 1.54) is 32.4 Å². The zero-order valence-corrected chi connectivity index (χ0v) is 15.8. The van der Waals surface area contributed by atoms with Crippen LogP contribution in [0.3, 0.4) is 0 Å². The first kappa shape index (κ1) is 17.0. The third-order valence-electron chi connectivity index (χ3n) is 5.91. The number of ether oxygens (including phenoxy) is 1. The van der Waals surface area contributed by atoms with Crippen LogP contribution in [0, 0.1) is 17.8 Å². The highest BCUT2D eigenvalue weighted by atomic mass is 35.5. The summed E-state index contributed by atoms with van der Waals surface area (Å²) in [4.78, 5) is 0.0331. The Bertz CT molecular complexity index is 743.